The number of H-pyrrole nitrogens is 1. The van der Waals surface area contributed by atoms with Gasteiger partial charge in [0, 0.05) is 34.7 Å². The van der Waals surface area contributed by atoms with Crippen LogP contribution in [0.5, 0.6) is 11.5 Å². The standard InChI is InChI=1S/C19H17BrN2O3/c20-15-4-1-3-14(9-15)17-11-16(21-22(17)7-2-8-23)13-5-6-18-19(10-13)25-12-24-18/h1,3-6,9-11,23H,2,7-8,12H2/p+1. The molecule has 4 rings (SSSR count). The molecule has 0 radical (unpaired) electrons. The number of aryl methyl sites for hydroxylation is 1. The minimum Gasteiger partial charge on any atom is -0.454 e. The van der Waals surface area contributed by atoms with Crippen LogP contribution in [0.25, 0.3) is 22.5 Å². The second kappa shape index (κ2) is 6.90. The number of hydrogen-bond donors (Lipinski definition) is 2. The summed E-state index contributed by atoms with van der Waals surface area (Å²) in [7, 11) is 0. The van der Waals surface area contributed by atoms with Crippen molar-refractivity contribution in [3.63, 3.8) is 0 Å². The number of aromatic amines is 1. The Bertz CT molecular complexity index is 907. The van der Waals surface area contributed by atoms with Crippen molar-refractivity contribution in [3.05, 3.63) is 53.0 Å². The van der Waals surface area contributed by atoms with Gasteiger partial charge in [0.15, 0.2) is 18.0 Å². The first-order chi connectivity index (χ1) is 12.2. The van der Waals surface area contributed by atoms with Gasteiger partial charge in [0.25, 0.3) is 0 Å². The van der Waals surface area contributed by atoms with E-state index in [0.717, 1.165) is 38.5 Å². The zero-order valence-electron chi connectivity index (χ0n) is 13.5. The van der Waals surface area contributed by atoms with Gasteiger partial charge in [-0.2, -0.15) is 5.10 Å². The van der Waals surface area contributed by atoms with Crippen molar-refractivity contribution in [1.82, 2.24) is 5.10 Å². The van der Waals surface area contributed by atoms with Gasteiger partial charge < -0.3 is 14.6 Å². The van der Waals surface area contributed by atoms with Crippen molar-refractivity contribution in [2.75, 3.05) is 13.4 Å². The summed E-state index contributed by atoms with van der Waals surface area (Å²) in [6, 6.07) is 16.2. The third kappa shape index (κ3) is 3.27. The number of halogens is 1. The Balaban J connectivity index is 1.76. The number of aliphatic hydroxyl groups is 1. The van der Waals surface area contributed by atoms with Crippen LogP contribution in [0.3, 0.4) is 0 Å². The largest absolute Gasteiger partial charge is 0.454 e. The van der Waals surface area contributed by atoms with Crippen LogP contribution in [0.15, 0.2) is 53.0 Å². The molecular weight excluding hydrogens is 384 g/mol. The molecule has 128 valence electrons. The van der Waals surface area contributed by atoms with E-state index in [-0.39, 0.29) is 13.4 Å². The number of ether oxygens (including phenoxy) is 2. The normalized spacial score (nSPS) is 12.6. The van der Waals surface area contributed by atoms with E-state index in [0.29, 0.717) is 13.0 Å². The molecule has 5 nitrogen and oxygen atoms in total. The number of rotatable bonds is 5. The van der Waals surface area contributed by atoms with Gasteiger partial charge >= 0.3 is 0 Å². The summed E-state index contributed by atoms with van der Waals surface area (Å²) in [6.07, 6.45) is 0.687. The van der Waals surface area contributed by atoms with Crippen LogP contribution < -0.4 is 14.2 Å². The maximum Gasteiger partial charge on any atom is 0.239 e. The summed E-state index contributed by atoms with van der Waals surface area (Å²) in [4.78, 5) is 0. The number of hydrogen-bond acceptors (Lipinski definition) is 3. The minimum atomic E-state index is 0.156. The number of nitrogens with zero attached hydrogens (tertiary/aromatic N) is 1. The molecule has 0 atom stereocenters. The molecule has 0 saturated carbocycles. The average molecular weight is 402 g/mol. The number of nitrogens with one attached hydrogen (secondary N) is 1. The smallest absolute Gasteiger partial charge is 0.239 e. The number of benzene rings is 2. The lowest BCUT2D eigenvalue weighted by molar-refractivity contribution is -0.739. The molecule has 1 aromatic heterocycles. The van der Waals surface area contributed by atoms with Gasteiger partial charge in [-0.1, -0.05) is 22.0 Å². The lowest BCUT2D eigenvalue weighted by atomic mass is 10.1. The van der Waals surface area contributed by atoms with Gasteiger partial charge in [0.1, 0.15) is 5.69 Å². The van der Waals surface area contributed by atoms with Crippen LogP contribution in [0.2, 0.25) is 0 Å². The average Bonchev–Trinajstić information content (AvgIpc) is 3.26. The van der Waals surface area contributed by atoms with Crippen molar-refractivity contribution in [2.24, 2.45) is 0 Å². The van der Waals surface area contributed by atoms with E-state index in [1.54, 1.807) is 0 Å². The molecule has 0 aliphatic carbocycles. The van der Waals surface area contributed by atoms with Crippen LogP contribution in [0.1, 0.15) is 6.42 Å². The molecule has 2 aromatic carbocycles. The Kier molecular flexibility index (Phi) is 4.46. The SMILES string of the molecule is OCCC[n+]1[nH]c(-c2ccc3c(c2)OCO3)cc1-c1cccc(Br)c1. The highest BCUT2D eigenvalue weighted by Gasteiger charge is 2.21. The first-order valence-electron chi connectivity index (χ1n) is 8.14. The molecule has 0 bridgehead atoms. The fraction of sp³-hybridized carbons (Fsp3) is 0.211. The van der Waals surface area contributed by atoms with Crippen LogP contribution in [-0.2, 0) is 6.54 Å². The Labute approximate surface area is 153 Å². The highest BCUT2D eigenvalue weighted by molar-refractivity contribution is 9.10. The Morgan fingerprint density at radius 3 is 2.76 bits per heavy atom. The fourth-order valence-electron chi connectivity index (χ4n) is 2.96. The summed E-state index contributed by atoms with van der Waals surface area (Å²) in [5.41, 5.74) is 4.20. The fourth-order valence-corrected chi connectivity index (χ4v) is 3.36. The lowest BCUT2D eigenvalue weighted by Crippen LogP contribution is -2.38. The number of aliphatic hydroxyl groups excluding tert-OH is 1. The maximum atomic E-state index is 9.20. The van der Waals surface area contributed by atoms with E-state index in [4.69, 9.17) is 9.47 Å². The Morgan fingerprint density at radius 1 is 1.04 bits per heavy atom. The number of aromatic nitrogens is 2. The van der Waals surface area contributed by atoms with E-state index in [1.165, 1.54) is 0 Å². The molecule has 3 aromatic rings. The van der Waals surface area contributed by atoms with Crippen LogP contribution in [-0.4, -0.2) is 23.6 Å². The molecule has 1 aliphatic heterocycles. The van der Waals surface area contributed by atoms with E-state index < -0.39 is 0 Å². The van der Waals surface area contributed by atoms with Crippen LogP contribution >= 0.6 is 15.9 Å². The zero-order valence-corrected chi connectivity index (χ0v) is 15.1. The molecule has 0 unspecified atom stereocenters. The van der Waals surface area contributed by atoms with Crippen molar-refractivity contribution >= 4 is 15.9 Å². The van der Waals surface area contributed by atoms with Crippen molar-refractivity contribution in [3.8, 4) is 34.0 Å². The van der Waals surface area contributed by atoms with Gasteiger partial charge in [-0.05, 0) is 36.4 Å². The molecule has 0 saturated heterocycles. The van der Waals surface area contributed by atoms with Gasteiger partial charge in [0.05, 0.1) is 0 Å². The summed E-state index contributed by atoms with van der Waals surface area (Å²) >= 11 is 3.53. The molecule has 25 heavy (non-hydrogen) atoms. The third-order valence-electron chi connectivity index (χ3n) is 4.17. The molecule has 0 fully saturated rings. The molecule has 0 amide bonds. The molecule has 2 N–H and O–H groups in total. The van der Waals surface area contributed by atoms with Crippen LogP contribution in [0.4, 0.5) is 0 Å². The second-order valence-corrected chi connectivity index (χ2v) is 6.78. The number of fused-ring (bicyclic) bond motifs is 1. The summed E-state index contributed by atoms with van der Waals surface area (Å²) in [6.45, 7) is 1.13. The van der Waals surface area contributed by atoms with Crippen molar-refractivity contribution < 1.29 is 19.3 Å². The topological polar surface area (TPSA) is 58.4 Å². The Morgan fingerprint density at radius 2 is 1.92 bits per heavy atom. The predicted octanol–water partition coefficient (Wildman–Crippen LogP) is 3.51. The first kappa shape index (κ1) is 16.2. The highest BCUT2D eigenvalue weighted by Crippen LogP contribution is 2.36. The molecule has 6 heteroatoms. The van der Waals surface area contributed by atoms with Gasteiger partial charge in [-0.15, -0.1) is 4.68 Å². The van der Waals surface area contributed by atoms with E-state index in [9.17, 15) is 5.11 Å². The van der Waals surface area contributed by atoms with Gasteiger partial charge in [-0.3, -0.25) is 0 Å². The van der Waals surface area contributed by atoms with Gasteiger partial charge in [0.2, 0.25) is 12.5 Å². The third-order valence-corrected chi connectivity index (χ3v) is 4.66. The monoisotopic (exact) mass is 401 g/mol. The molecular formula is C19H18BrN2O3+. The second-order valence-electron chi connectivity index (χ2n) is 5.86. The minimum absolute atomic E-state index is 0.156. The summed E-state index contributed by atoms with van der Waals surface area (Å²) < 4.78 is 14.0. The Hall–Kier alpha value is -2.31. The first-order valence-corrected chi connectivity index (χ1v) is 8.93. The molecule has 0 spiro atoms. The lowest BCUT2D eigenvalue weighted by Gasteiger charge is -1.99. The maximum absolute atomic E-state index is 9.20. The van der Waals surface area contributed by atoms with E-state index >= 15 is 0 Å². The van der Waals surface area contributed by atoms with Crippen LogP contribution in [0, 0.1) is 0 Å². The van der Waals surface area contributed by atoms with E-state index in [2.05, 4.69) is 43.9 Å². The zero-order chi connectivity index (χ0) is 17.2. The van der Waals surface area contributed by atoms with Crippen molar-refractivity contribution in [2.45, 2.75) is 13.0 Å². The quantitative estimate of drug-likeness (QED) is 0.643. The molecule has 2 heterocycles. The van der Waals surface area contributed by atoms with E-state index in [1.807, 2.05) is 30.3 Å². The molecule has 1 aliphatic rings. The predicted molar refractivity (Wildman–Crippen MR) is 97.4 cm³/mol. The highest BCUT2D eigenvalue weighted by atomic mass is 79.9. The summed E-state index contributed by atoms with van der Waals surface area (Å²) in [5.74, 6) is 1.54. The van der Waals surface area contributed by atoms with Crippen molar-refractivity contribution in [1.29, 1.82) is 0 Å². The van der Waals surface area contributed by atoms with Gasteiger partial charge in [-0.25, -0.2) is 0 Å². The summed E-state index contributed by atoms with van der Waals surface area (Å²) in [5, 5.41) is 12.6.